The zero-order valence-electron chi connectivity index (χ0n) is 20.4. The number of fused-ring (bicyclic) bond motifs is 1. The van der Waals surface area contributed by atoms with Crippen molar-refractivity contribution in [3.8, 4) is 11.1 Å². The molecule has 2 N–H and O–H groups in total. The zero-order valence-corrected chi connectivity index (χ0v) is 20.4. The molecule has 0 radical (unpaired) electrons. The molecule has 1 fully saturated rings. The SMILES string of the molecule is C[C@@H](NC(=O)c1cn2cc(-c3ccc(C4CCC(CC(=O)O)CC4)cc3)ccc2n1)c1ccccc1. The van der Waals surface area contributed by atoms with E-state index in [0.717, 1.165) is 48.0 Å². The van der Waals surface area contributed by atoms with E-state index in [0.29, 0.717) is 17.5 Å². The van der Waals surface area contributed by atoms with Crippen molar-refractivity contribution in [2.24, 2.45) is 5.92 Å². The molecule has 0 spiro atoms. The van der Waals surface area contributed by atoms with E-state index in [1.807, 2.05) is 60.0 Å². The fraction of sp³-hybridized carbons (Fsp3) is 0.300. The molecular formula is C30H31N3O3. The number of aromatic nitrogens is 2. The molecule has 36 heavy (non-hydrogen) atoms. The standard InChI is InChI=1S/C30H31N3O3/c1-20(22-5-3-2-4-6-22)31-30(36)27-19-33-18-26(15-16-28(33)32-27)25-13-11-24(12-14-25)23-9-7-21(8-10-23)17-29(34)35/h2-6,11-16,18-21,23H,7-10,17H2,1H3,(H,31,36)(H,34,35)/t20-,21?,23?/m1/s1. The van der Waals surface area contributed by atoms with Crippen LogP contribution < -0.4 is 5.32 Å². The lowest BCUT2D eigenvalue weighted by molar-refractivity contribution is -0.138. The molecule has 6 heteroatoms. The number of hydrogen-bond donors (Lipinski definition) is 2. The van der Waals surface area contributed by atoms with Gasteiger partial charge in [0, 0.05) is 18.8 Å². The minimum absolute atomic E-state index is 0.107. The maximum absolute atomic E-state index is 12.8. The van der Waals surface area contributed by atoms with Crippen LogP contribution >= 0.6 is 0 Å². The minimum Gasteiger partial charge on any atom is -0.481 e. The summed E-state index contributed by atoms with van der Waals surface area (Å²) in [6.45, 7) is 1.96. The molecule has 2 aromatic carbocycles. The lowest BCUT2D eigenvalue weighted by Gasteiger charge is -2.28. The van der Waals surface area contributed by atoms with Gasteiger partial charge < -0.3 is 14.8 Å². The Morgan fingerprint density at radius 3 is 2.33 bits per heavy atom. The van der Waals surface area contributed by atoms with Gasteiger partial charge >= 0.3 is 5.97 Å². The average Bonchev–Trinajstić information content (AvgIpc) is 3.33. The van der Waals surface area contributed by atoms with Gasteiger partial charge in [0.05, 0.1) is 6.04 Å². The van der Waals surface area contributed by atoms with E-state index in [2.05, 4.69) is 34.6 Å². The fourth-order valence-electron chi connectivity index (χ4n) is 5.26. The first-order valence-corrected chi connectivity index (χ1v) is 12.6. The third kappa shape index (κ3) is 5.33. The Balaban J connectivity index is 1.26. The number of imidazole rings is 1. The third-order valence-electron chi connectivity index (χ3n) is 7.36. The lowest BCUT2D eigenvalue weighted by Crippen LogP contribution is -2.26. The summed E-state index contributed by atoms with van der Waals surface area (Å²) >= 11 is 0. The number of carboxylic acid groups (broad SMARTS) is 1. The van der Waals surface area contributed by atoms with Crippen molar-refractivity contribution in [2.75, 3.05) is 0 Å². The number of carboxylic acids is 1. The molecule has 0 unspecified atom stereocenters. The highest BCUT2D eigenvalue weighted by Gasteiger charge is 2.24. The highest BCUT2D eigenvalue weighted by molar-refractivity contribution is 5.93. The predicted octanol–water partition coefficient (Wildman–Crippen LogP) is 6.24. The Kier molecular flexibility index (Phi) is 6.85. The van der Waals surface area contributed by atoms with E-state index in [9.17, 15) is 9.59 Å². The van der Waals surface area contributed by atoms with Crippen LogP contribution in [0.3, 0.4) is 0 Å². The number of pyridine rings is 1. The van der Waals surface area contributed by atoms with Crippen molar-refractivity contribution in [1.29, 1.82) is 0 Å². The highest BCUT2D eigenvalue weighted by atomic mass is 16.4. The molecule has 184 valence electrons. The maximum atomic E-state index is 12.8. The molecule has 5 rings (SSSR count). The summed E-state index contributed by atoms with van der Waals surface area (Å²) in [7, 11) is 0. The molecule has 4 aromatic rings. The van der Waals surface area contributed by atoms with Gasteiger partial charge in [0.15, 0.2) is 0 Å². The second kappa shape index (κ2) is 10.4. The normalized spacial score (nSPS) is 18.6. The fourth-order valence-corrected chi connectivity index (χ4v) is 5.26. The maximum Gasteiger partial charge on any atom is 0.303 e. The summed E-state index contributed by atoms with van der Waals surface area (Å²) in [4.78, 5) is 28.3. The lowest BCUT2D eigenvalue weighted by atomic mass is 9.77. The molecular weight excluding hydrogens is 450 g/mol. The Hall–Kier alpha value is -3.93. The smallest absolute Gasteiger partial charge is 0.303 e. The summed E-state index contributed by atoms with van der Waals surface area (Å²) < 4.78 is 1.90. The number of benzene rings is 2. The van der Waals surface area contributed by atoms with Gasteiger partial charge in [0.1, 0.15) is 11.3 Å². The van der Waals surface area contributed by atoms with Crippen molar-refractivity contribution in [1.82, 2.24) is 14.7 Å². The van der Waals surface area contributed by atoms with Gasteiger partial charge in [-0.3, -0.25) is 9.59 Å². The molecule has 1 atom stereocenters. The van der Waals surface area contributed by atoms with Crippen molar-refractivity contribution in [2.45, 2.75) is 51.0 Å². The Morgan fingerprint density at radius 1 is 0.944 bits per heavy atom. The zero-order chi connectivity index (χ0) is 25.1. The number of carbonyl (C=O) groups is 2. The van der Waals surface area contributed by atoms with Crippen LogP contribution in [0.4, 0.5) is 0 Å². The van der Waals surface area contributed by atoms with E-state index in [1.165, 1.54) is 5.56 Å². The molecule has 0 bridgehead atoms. The number of rotatable bonds is 7. The Bertz CT molecular complexity index is 1350. The summed E-state index contributed by atoms with van der Waals surface area (Å²) in [5.41, 5.74) is 5.66. The monoisotopic (exact) mass is 481 g/mol. The molecule has 1 aliphatic rings. The number of amides is 1. The number of nitrogens with one attached hydrogen (secondary N) is 1. The van der Waals surface area contributed by atoms with Gasteiger partial charge in [0.25, 0.3) is 5.91 Å². The number of carbonyl (C=O) groups excluding carboxylic acids is 1. The van der Waals surface area contributed by atoms with E-state index < -0.39 is 5.97 Å². The van der Waals surface area contributed by atoms with Crippen LogP contribution in [0.5, 0.6) is 0 Å². The summed E-state index contributed by atoms with van der Waals surface area (Å²) in [5.74, 6) is -0.0702. The Morgan fingerprint density at radius 2 is 1.64 bits per heavy atom. The van der Waals surface area contributed by atoms with Crippen LogP contribution in [0.1, 0.15) is 72.6 Å². The quantitative estimate of drug-likeness (QED) is 0.327. The van der Waals surface area contributed by atoms with E-state index in [-0.39, 0.29) is 18.4 Å². The summed E-state index contributed by atoms with van der Waals surface area (Å²) in [5, 5.41) is 12.1. The van der Waals surface area contributed by atoms with Gasteiger partial charge in [-0.15, -0.1) is 0 Å². The molecule has 1 saturated carbocycles. The molecule has 1 aliphatic carbocycles. The first kappa shape index (κ1) is 23.8. The highest BCUT2D eigenvalue weighted by Crippen LogP contribution is 2.37. The minimum atomic E-state index is -0.688. The first-order chi connectivity index (χ1) is 17.5. The molecule has 0 saturated heterocycles. The average molecular weight is 482 g/mol. The van der Waals surface area contributed by atoms with Crippen LogP contribution in [0, 0.1) is 5.92 Å². The topological polar surface area (TPSA) is 83.7 Å². The number of hydrogen-bond acceptors (Lipinski definition) is 3. The van der Waals surface area contributed by atoms with Crippen LogP contribution in [0.15, 0.2) is 79.1 Å². The largest absolute Gasteiger partial charge is 0.481 e. The summed E-state index contributed by atoms with van der Waals surface area (Å²) in [6.07, 6.45) is 8.13. The molecule has 0 aliphatic heterocycles. The van der Waals surface area contributed by atoms with Gasteiger partial charge in [-0.1, -0.05) is 54.6 Å². The van der Waals surface area contributed by atoms with Crippen molar-refractivity contribution >= 4 is 17.5 Å². The van der Waals surface area contributed by atoms with Crippen LogP contribution in [-0.4, -0.2) is 26.4 Å². The van der Waals surface area contributed by atoms with Gasteiger partial charge in [0.2, 0.25) is 0 Å². The van der Waals surface area contributed by atoms with E-state index in [1.54, 1.807) is 6.20 Å². The predicted molar refractivity (Wildman–Crippen MR) is 140 cm³/mol. The first-order valence-electron chi connectivity index (χ1n) is 12.6. The second-order valence-corrected chi connectivity index (χ2v) is 9.85. The Labute approximate surface area is 211 Å². The summed E-state index contributed by atoms with van der Waals surface area (Å²) in [6, 6.07) is 22.4. The number of nitrogens with zero attached hydrogens (tertiary/aromatic N) is 2. The van der Waals surface area contributed by atoms with Crippen LogP contribution in [-0.2, 0) is 4.79 Å². The third-order valence-corrected chi connectivity index (χ3v) is 7.36. The molecule has 6 nitrogen and oxygen atoms in total. The van der Waals surface area contributed by atoms with Crippen LogP contribution in [0.25, 0.3) is 16.8 Å². The number of aliphatic carboxylic acids is 1. The van der Waals surface area contributed by atoms with Crippen molar-refractivity contribution in [3.63, 3.8) is 0 Å². The second-order valence-electron chi connectivity index (χ2n) is 9.85. The van der Waals surface area contributed by atoms with Crippen molar-refractivity contribution < 1.29 is 14.7 Å². The molecule has 2 aromatic heterocycles. The van der Waals surface area contributed by atoms with Crippen LogP contribution in [0.2, 0.25) is 0 Å². The molecule has 1 amide bonds. The van der Waals surface area contributed by atoms with Gasteiger partial charge in [-0.05, 0) is 78.8 Å². The van der Waals surface area contributed by atoms with Crippen molar-refractivity contribution in [3.05, 3.63) is 95.9 Å². The van der Waals surface area contributed by atoms with Gasteiger partial charge in [-0.25, -0.2) is 4.98 Å². The molecule has 2 heterocycles. The van der Waals surface area contributed by atoms with Gasteiger partial charge in [-0.2, -0.15) is 0 Å². The van der Waals surface area contributed by atoms with E-state index in [4.69, 9.17) is 5.11 Å². The van der Waals surface area contributed by atoms with E-state index >= 15 is 0 Å².